The molecule has 0 aliphatic rings. The third-order valence-corrected chi connectivity index (χ3v) is 4.84. The van der Waals surface area contributed by atoms with Crippen LogP contribution in [0.5, 0.6) is 0 Å². The predicted octanol–water partition coefficient (Wildman–Crippen LogP) is 5.01. The van der Waals surface area contributed by atoms with Crippen LogP contribution in [0.15, 0.2) is 53.0 Å². The van der Waals surface area contributed by atoms with Gasteiger partial charge in [-0.3, -0.25) is 0 Å². The van der Waals surface area contributed by atoms with E-state index in [-0.39, 0.29) is 6.17 Å². The number of nitrogens with zero attached hydrogens (tertiary/aromatic N) is 1. The molecule has 23 heavy (non-hydrogen) atoms. The van der Waals surface area contributed by atoms with Gasteiger partial charge in [0.25, 0.3) is 0 Å². The first-order chi connectivity index (χ1) is 11.0. The zero-order valence-electron chi connectivity index (χ0n) is 13.5. The van der Waals surface area contributed by atoms with Crippen molar-refractivity contribution < 1.29 is 5.11 Å². The highest BCUT2D eigenvalue weighted by molar-refractivity contribution is 9.10. The Labute approximate surface area is 145 Å². The van der Waals surface area contributed by atoms with E-state index in [4.69, 9.17) is 0 Å². The maximum atomic E-state index is 10.4. The number of hydrogen-bond donors (Lipinski definition) is 2. The molecule has 2 N–H and O–H groups in total. The molecule has 0 radical (unpaired) electrons. The number of aromatic nitrogens is 1. The Bertz CT molecular complexity index is 824. The van der Waals surface area contributed by atoms with Gasteiger partial charge in [-0.25, -0.2) is 0 Å². The van der Waals surface area contributed by atoms with Gasteiger partial charge in [0, 0.05) is 21.2 Å². The second-order valence-electron chi connectivity index (χ2n) is 5.94. The molecular formula is C19H21BrN2O. The summed E-state index contributed by atoms with van der Waals surface area (Å²) in [5.74, 6) is 0. The Morgan fingerprint density at radius 3 is 2.43 bits per heavy atom. The zero-order valence-corrected chi connectivity index (χ0v) is 15.1. The molecule has 2 aromatic carbocycles. The van der Waals surface area contributed by atoms with Gasteiger partial charge in [0.1, 0.15) is 6.17 Å². The van der Waals surface area contributed by atoms with E-state index < -0.39 is 6.10 Å². The first-order valence-corrected chi connectivity index (χ1v) is 8.54. The number of benzene rings is 2. The van der Waals surface area contributed by atoms with Crippen molar-refractivity contribution in [2.75, 3.05) is 5.32 Å². The quantitative estimate of drug-likeness (QED) is 0.675. The number of rotatable bonds is 4. The molecule has 0 spiro atoms. The molecule has 120 valence electrons. The first kappa shape index (κ1) is 16.1. The number of nitrogens with one attached hydrogen (secondary N) is 1. The van der Waals surface area contributed by atoms with Crippen LogP contribution in [-0.4, -0.2) is 15.8 Å². The van der Waals surface area contributed by atoms with E-state index in [9.17, 15) is 5.11 Å². The number of hydrogen-bond acceptors (Lipinski definition) is 2. The third kappa shape index (κ3) is 3.01. The normalized spacial score (nSPS) is 14.0. The SMILES string of the molecule is Cc1c(C)n(C(Nc2ccccc2)C(C)O)c2ccc(Br)cc12. The summed E-state index contributed by atoms with van der Waals surface area (Å²) in [7, 11) is 0. The maximum Gasteiger partial charge on any atom is 0.130 e. The standard InChI is InChI=1S/C19H21BrN2O/c1-12-13(2)22(18-10-9-15(20)11-17(12)18)19(14(3)23)21-16-7-5-4-6-8-16/h4-11,14,19,21,23H,1-3H3. The van der Waals surface area contributed by atoms with Crippen LogP contribution >= 0.6 is 15.9 Å². The molecule has 4 heteroatoms. The molecule has 3 aromatic rings. The predicted molar refractivity (Wildman–Crippen MR) is 99.9 cm³/mol. The summed E-state index contributed by atoms with van der Waals surface area (Å²) >= 11 is 3.55. The van der Waals surface area contributed by atoms with Crippen molar-refractivity contribution in [3.8, 4) is 0 Å². The van der Waals surface area contributed by atoms with E-state index in [1.807, 2.05) is 43.3 Å². The number of para-hydroxylation sites is 1. The summed E-state index contributed by atoms with van der Waals surface area (Å²) in [4.78, 5) is 0. The topological polar surface area (TPSA) is 37.2 Å². The Kier molecular flexibility index (Phi) is 4.46. The van der Waals surface area contributed by atoms with Crippen LogP contribution in [-0.2, 0) is 0 Å². The highest BCUT2D eigenvalue weighted by atomic mass is 79.9. The molecule has 0 fully saturated rings. The fraction of sp³-hybridized carbons (Fsp3) is 0.263. The fourth-order valence-corrected chi connectivity index (χ4v) is 3.40. The van der Waals surface area contributed by atoms with Gasteiger partial charge in [0.05, 0.1) is 11.6 Å². The van der Waals surface area contributed by atoms with Crippen molar-refractivity contribution in [3.05, 3.63) is 64.3 Å². The van der Waals surface area contributed by atoms with Gasteiger partial charge in [-0.15, -0.1) is 0 Å². The average Bonchev–Trinajstić information content (AvgIpc) is 2.77. The molecule has 0 aliphatic carbocycles. The van der Waals surface area contributed by atoms with Gasteiger partial charge in [0.2, 0.25) is 0 Å². The minimum absolute atomic E-state index is 0.227. The molecule has 0 bridgehead atoms. The molecule has 1 aromatic heterocycles. The number of aliphatic hydroxyl groups is 1. The van der Waals surface area contributed by atoms with Gasteiger partial charge < -0.3 is 15.0 Å². The molecule has 0 aliphatic heterocycles. The Hall–Kier alpha value is -1.78. The van der Waals surface area contributed by atoms with Crippen LogP contribution < -0.4 is 5.32 Å². The van der Waals surface area contributed by atoms with Crippen LogP contribution in [0.3, 0.4) is 0 Å². The van der Waals surface area contributed by atoms with E-state index in [2.05, 4.69) is 51.8 Å². The first-order valence-electron chi connectivity index (χ1n) is 7.75. The van der Waals surface area contributed by atoms with Crippen LogP contribution in [0.2, 0.25) is 0 Å². The molecule has 3 rings (SSSR count). The average molecular weight is 373 g/mol. The molecule has 3 nitrogen and oxygen atoms in total. The van der Waals surface area contributed by atoms with Crippen molar-refractivity contribution in [1.29, 1.82) is 0 Å². The Balaban J connectivity index is 2.13. The molecule has 0 saturated heterocycles. The summed E-state index contributed by atoms with van der Waals surface area (Å²) in [6.07, 6.45) is -0.762. The van der Waals surface area contributed by atoms with Gasteiger partial charge >= 0.3 is 0 Å². The van der Waals surface area contributed by atoms with Gasteiger partial charge in [0.15, 0.2) is 0 Å². The zero-order chi connectivity index (χ0) is 16.6. The number of anilines is 1. The van der Waals surface area contributed by atoms with Gasteiger partial charge in [-0.2, -0.15) is 0 Å². The van der Waals surface area contributed by atoms with Crippen molar-refractivity contribution in [2.45, 2.75) is 33.0 Å². The molecule has 2 atom stereocenters. The maximum absolute atomic E-state index is 10.4. The molecule has 2 unspecified atom stereocenters. The lowest BCUT2D eigenvalue weighted by Crippen LogP contribution is -2.29. The number of fused-ring (bicyclic) bond motifs is 1. The Morgan fingerprint density at radius 1 is 1.09 bits per heavy atom. The highest BCUT2D eigenvalue weighted by Crippen LogP contribution is 2.32. The highest BCUT2D eigenvalue weighted by Gasteiger charge is 2.22. The smallest absolute Gasteiger partial charge is 0.130 e. The monoisotopic (exact) mass is 372 g/mol. The van der Waals surface area contributed by atoms with E-state index >= 15 is 0 Å². The van der Waals surface area contributed by atoms with E-state index in [1.165, 1.54) is 10.9 Å². The van der Waals surface area contributed by atoms with Gasteiger partial charge in [-0.1, -0.05) is 34.1 Å². The Morgan fingerprint density at radius 2 is 1.78 bits per heavy atom. The molecular weight excluding hydrogens is 352 g/mol. The van der Waals surface area contributed by atoms with Crippen molar-refractivity contribution in [2.24, 2.45) is 0 Å². The summed E-state index contributed by atoms with van der Waals surface area (Å²) < 4.78 is 3.25. The summed E-state index contributed by atoms with van der Waals surface area (Å²) in [5, 5.41) is 15.0. The van der Waals surface area contributed by atoms with Crippen molar-refractivity contribution in [3.63, 3.8) is 0 Å². The largest absolute Gasteiger partial charge is 0.389 e. The lowest BCUT2D eigenvalue weighted by Gasteiger charge is -2.27. The number of aliphatic hydroxyl groups excluding tert-OH is 1. The molecule has 0 saturated carbocycles. The van der Waals surface area contributed by atoms with Crippen LogP contribution in [0, 0.1) is 13.8 Å². The van der Waals surface area contributed by atoms with Crippen LogP contribution in [0.25, 0.3) is 10.9 Å². The lowest BCUT2D eigenvalue weighted by molar-refractivity contribution is 0.144. The third-order valence-electron chi connectivity index (χ3n) is 4.35. The second-order valence-corrected chi connectivity index (χ2v) is 6.85. The lowest BCUT2D eigenvalue weighted by atomic mass is 10.2. The second kappa shape index (κ2) is 6.38. The van der Waals surface area contributed by atoms with E-state index in [0.29, 0.717) is 0 Å². The van der Waals surface area contributed by atoms with E-state index in [1.54, 1.807) is 0 Å². The van der Waals surface area contributed by atoms with Crippen molar-refractivity contribution in [1.82, 2.24) is 4.57 Å². The molecule has 0 amide bonds. The fourth-order valence-electron chi connectivity index (χ4n) is 3.04. The summed E-state index contributed by atoms with van der Waals surface area (Å²) in [5.41, 5.74) is 4.51. The minimum Gasteiger partial charge on any atom is -0.389 e. The number of halogens is 1. The summed E-state index contributed by atoms with van der Waals surface area (Å²) in [6.45, 7) is 6.05. The van der Waals surface area contributed by atoms with E-state index in [0.717, 1.165) is 21.4 Å². The van der Waals surface area contributed by atoms with Crippen molar-refractivity contribution >= 4 is 32.5 Å². The number of aryl methyl sites for hydroxylation is 1. The molecule has 1 heterocycles. The minimum atomic E-state index is -0.535. The summed E-state index contributed by atoms with van der Waals surface area (Å²) in [6, 6.07) is 16.3. The van der Waals surface area contributed by atoms with Crippen LogP contribution in [0.4, 0.5) is 5.69 Å². The van der Waals surface area contributed by atoms with Gasteiger partial charge in [-0.05, 0) is 56.7 Å². The van der Waals surface area contributed by atoms with Crippen LogP contribution in [0.1, 0.15) is 24.3 Å².